The van der Waals surface area contributed by atoms with Crippen LogP contribution < -0.4 is 5.32 Å². The Labute approximate surface area is 130 Å². The Morgan fingerprint density at radius 2 is 1.95 bits per heavy atom. The van der Waals surface area contributed by atoms with E-state index >= 15 is 0 Å². The van der Waals surface area contributed by atoms with Crippen molar-refractivity contribution >= 4 is 0 Å². The van der Waals surface area contributed by atoms with Gasteiger partial charge in [0.05, 0.1) is 6.07 Å². The Kier molecular flexibility index (Phi) is 6.51. The lowest BCUT2D eigenvalue weighted by Gasteiger charge is -2.32. The van der Waals surface area contributed by atoms with Crippen LogP contribution in [0.3, 0.4) is 0 Å². The van der Waals surface area contributed by atoms with Crippen molar-refractivity contribution in [1.82, 2.24) is 5.32 Å². The minimum Gasteiger partial charge on any atom is -0.381 e. The van der Waals surface area contributed by atoms with Crippen molar-refractivity contribution in [1.29, 1.82) is 5.26 Å². The van der Waals surface area contributed by atoms with Crippen LogP contribution in [-0.2, 0) is 4.74 Å². The first-order valence-electron chi connectivity index (χ1n) is 8.93. The van der Waals surface area contributed by atoms with Gasteiger partial charge >= 0.3 is 0 Å². The number of rotatable bonds is 7. The van der Waals surface area contributed by atoms with Gasteiger partial charge in [-0.3, -0.25) is 5.32 Å². The summed E-state index contributed by atoms with van der Waals surface area (Å²) >= 11 is 0. The summed E-state index contributed by atoms with van der Waals surface area (Å²) in [5.41, 5.74) is -0.303. The second kappa shape index (κ2) is 8.15. The Balaban J connectivity index is 1.72. The number of ether oxygens (including phenoxy) is 1. The molecule has 21 heavy (non-hydrogen) atoms. The normalized spacial score (nSPS) is 30.7. The fourth-order valence-electron chi connectivity index (χ4n) is 4.18. The third kappa shape index (κ3) is 4.69. The maximum absolute atomic E-state index is 9.64. The zero-order valence-corrected chi connectivity index (χ0v) is 13.9. The Morgan fingerprint density at radius 3 is 2.62 bits per heavy atom. The first-order valence-corrected chi connectivity index (χ1v) is 8.93. The molecule has 0 spiro atoms. The lowest BCUT2D eigenvalue weighted by molar-refractivity contribution is 0.0705. The molecular weight excluding hydrogens is 260 g/mol. The van der Waals surface area contributed by atoms with Gasteiger partial charge in [-0.25, -0.2) is 0 Å². The molecule has 120 valence electrons. The zero-order valence-electron chi connectivity index (χ0n) is 13.9. The highest BCUT2D eigenvalue weighted by Crippen LogP contribution is 2.38. The standard InChI is InChI=1S/C18H32N2O/c1-15(2)20-18(14-19)11-6-9-17(18)10-12-21-13-16-7-4-3-5-8-16/h15-17,20H,3-13H2,1-2H3. The van der Waals surface area contributed by atoms with Crippen molar-refractivity contribution in [3.05, 3.63) is 0 Å². The minimum atomic E-state index is -0.303. The van der Waals surface area contributed by atoms with E-state index in [1.165, 1.54) is 44.9 Å². The molecule has 0 radical (unpaired) electrons. The second-order valence-corrected chi connectivity index (χ2v) is 7.34. The van der Waals surface area contributed by atoms with Crippen LogP contribution in [-0.4, -0.2) is 24.8 Å². The summed E-state index contributed by atoms with van der Waals surface area (Å²) in [5.74, 6) is 1.24. The van der Waals surface area contributed by atoms with E-state index < -0.39 is 0 Å². The average Bonchev–Trinajstić information content (AvgIpc) is 2.87. The van der Waals surface area contributed by atoms with E-state index in [4.69, 9.17) is 4.74 Å². The minimum absolute atomic E-state index is 0.303. The molecule has 2 saturated carbocycles. The van der Waals surface area contributed by atoms with E-state index in [1.807, 2.05) is 0 Å². The molecular formula is C18H32N2O. The Morgan fingerprint density at radius 1 is 1.19 bits per heavy atom. The first-order chi connectivity index (χ1) is 10.2. The van der Waals surface area contributed by atoms with Crippen LogP contribution in [0.2, 0.25) is 0 Å². The smallest absolute Gasteiger partial charge is 0.109 e. The highest BCUT2D eigenvalue weighted by atomic mass is 16.5. The summed E-state index contributed by atoms with van der Waals surface area (Å²) in [5, 5.41) is 13.2. The van der Waals surface area contributed by atoms with Crippen LogP contribution in [0.25, 0.3) is 0 Å². The predicted molar refractivity (Wildman–Crippen MR) is 86.0 cm³/mol. The van der Waals surface area contributed by atoms with E-state index in [0.717, 1.165) is 32.0 Å². The lowest BCUT2D eigenvalue weighted by Crippen LogP contribution is -2.50. The second-order valence-electron chi connectivity index (χ2n) is 7.34. The molecule has 0 bridgehead atoms. The van der Waals surface area contributed by atoms with Gasteiger partial charge in [0.15, 0.2) is 0 Å². The molecule has 0 aliphatic heterocycles. The molecule has 0 amide bonds. The molecule has 3 nitrogen and oxygen atoms in total. The first kappa shape index (κ1) is 16.8. The van der Waals surface area contributed by atoms with Gasteiger partial charge < -0.3 is 4.74 Å². The van der Waals surface area contributed by atoms with Crippen molar-refractivity contribution in [2.24, 2.45) is 11.8 Å². The molecule has 0 aromatic carbocycles. The summed E-state index contributed by atoms with van der Waals surface area (Å²) < 4.78 is 5.94. The number of nitriles is 1. The van der Waals surface area contributed by atoms with Gasteiger partial charge in [-0.2, -0.15) is 5.26 Å². The van der Waals surface area contributed by atoms with Crippen LogP contribution in [0.5, 0.6) is 0 Å². The summed E-state index contributed by atoms with van der Waals surface area (Å²) in [4.78, 5) is 0. The summed E-state index contributed by atoms with van der Waals surface area (Å²) in [6, 6.07) is 2.95. The van der Waals surface area contributed by atoms with Crippen LogP contribution in [0.1, 0.15) is 71.6 Å². The van der Waals surface area contributed by atoms with E-state index in [2.05, 4.69) is 25.2 Å². The van der Waals surface area contributed by atoms with Crippen molar-refractivity contribution in [3.63, 3.8) is 0 Å². The molecule has 1 N–H and O–H groups in total. The third-order valence-electron chi connectivity index (χ3n) is 5.26. The highest BCUT2D eigenvalue weighted by molar-refractivity contribution is 5.14. The summed E-state index contributed by atoms with van der Waals surface area (Å²) in [6.07, 6.45) is 11.2. The number of nitrogens with zero attached hydrogens (tertiary/aromatic N) is 1. The van der Waals surface area contributed by atoms with Gasteiger partial charge in [0.1, 0.15) is 5.54 Å². The zero-order chi connectivity index (χ0) is 15.1. The van der Waals surface area contributed by atoms with E-state index in [-0.39, 0.29) is 5.54 Å². The third-order valence-corrected chi connectivity index (χ3v) is 5.26. The van der Waals surface area contributed by atoms with E-state index in [0.29, 0.717) is 12.0 Å². The monoisotopic (exact) mass is 292 g/mol. The fraction of sp³-hybridized carbons (Fsp3) is 0.944. The molecule has 2 atom stereocenters. The van der Waals surface area contributed by atoms with Gasteiger partial charge in [-0.05, 0) is 57.8 Å². The van der Waals surface area contributed by atoms with Gasteiger partial charge in [-0.1, -0.05) is 25.7 Å². The molecule has 0 saturated heterocycles. The van der Waals surface area contributed by atoms with E-state index in [9.17, 15) is 5.26 Å². The lowest BCUT2D eigenvalue weighted by atomic mass is 9.85. The highest BCUT2D eigenvalue weighted by Gasteiger charge is 2.43. The number of hydrogen-bond acceptors (Lipinski definition) is 3. The maximum Gasteiger partial charge on any atom is 0.109 e. The van der Waals surface area contributed by atoms with Gasteiger partial charge in [0, 0.05) is 19.3 Å². The molecule has 2 aliphatic carbocycles. The van der Waals surface area contributed by atoms with Crippen LogP contribution in [0, 0.1) is 23.2 Å². The molecule has 2 aliphatic rings. The topological polar surface area (TPSA) is 45.0 Å². The van der Waals surface area contributed by atoms with Crippen molar-refractivity contribution in [2.45, 2.75) is 83.2 Å². The number of nitrogens with one attached hydrogen (secondary N) is 1. The quantitative estimate of drug-likeness (QED) is 0.720. The molecule has 2 fully saturated rings. The molecule has 3 heteroatoms. The van der Waals surface area contributed by atoms with Crippen LogP contribution in [0.15, 0.2) is 0 Å². The summed E-state index contributed by atoms with van der Waals surface area (Å²) in [7, 11) is 0. The van der Waals surface area contributed by atoms with E-state index in [1.54, 1.807) is 0 Å². The maximum atomic E-state index is 9.64. The Bertz CT molecular complexity index is 344. The van der Waals surface area contributed by atoms with Crippen LogP contribution in [0.4, 0.5) is 0 Å². The predicted octanol–water partition coefficient (Wildman–Crippen LogP) is 4.03. The molecule has 2 rings (SSSR count). The Hall–Kier alpha value is -0.590. The molecule has 2 unspecified atom stereocenters. The fourth-order valence-corrected chi connectivity index (χ4v) is 4.18. The average molecular weight is 292 g/mol. The van der Waals surface area contributed by atoms with Gasteiger partial charge in [-0.15, -0.1) is 0 Å². The van der Waals surface area contributed by atoms with Gasteiger partial charge in [0.2, 0.25) is 0 Å². The van der Waals surface area contributed by atoms with Crippen LogP contribution >= 0.6 is 0 Å². The van der Waals surface area contributed by atoms with Crippen molar-refractivity contribution < 1.29 is 4.74 Å². The molecule has 0 heterocycles. The SMILES string of the molecule is CC(C)NC1(C#N)CCCC1CCOCC1CCCCC1. The summed E-state index contributed by atoms with van der Waals surface area (Å²) in [6.45, 7) is 6.02. The number of hydrogen-bond donors (Lipinski definition) is 1. The van der Waals surface area contributed by atoms with Crippen molar-refractivity contribution in [2.75, 3.05) is 13.2 Å². The van der Waals surface area contributed by atoms with Crippen molar-refractivity contribution in [3.8, 4) is 6.07 Å². The van der Waals surface area contributed by atoms with Gasteiger partial charge in [0.25, 0.3) is 0 Å². The largest absolute Gasteiger partial charge is 0.381 e. The molecule has 0 aromatic heterocycles. The molecule has 0 aromatic rings.